The van der Waals surface area contributed by atoms with Gasteiger partial charge < -0.3 is 15.5 Å². The molecule has 5 fully saturated rings. The van der Waals surface area contributed by atoms with E-state index in [0.29, 0.717) is 18.1 Å². The van der Waals surface area contributed by atoms with Gasteiger partial charge in [-0.15, -0.1) is 12.4 Å². The van der Waals surface area contributed by atoms with Crippen molar-refractivity contribution in [2.75, 3.05) is 13.1 Å². The number of ketones is 1. The Kier molecular flexibility index (Phi) is 5.48. The Balaban J connectivity index is 0.00000205. The quantitative estimate of drug-likeness (QED) is 0.669. The lowest BCUT2D eigenvalue weighted by Gasteiger charge is -2.58. The van der Waals surface area contributed by atoms with Gasteiger partial charge in [-0.05, 0) is 55.9 Å². The summed E-state index contributed by atoms with van der Waals surface area (Å²) < 4.78 is 0. The SMILES string of the molecule is C[C@]12CCC(=NO[C@@H]3CCNC3)CC1NC(=O)[C@@H]1[C@H]2CC[C@]2(C)C(=O)CC[C@@H]12.Cl. The van der Waals surface area contributed by atoms with Crippen LogP contribution >= 0.6 is 12.4 Å². The summed E-state index contributed by atoms with van der Waals surface area (Å²) in [6.07, 6.45) is 7.48. The lowest BCUT2D eigenvalue weighted by atomic mass is 9.49. The van der Waals surface area contributed by atoms with Crippen LogP contribution in [0.1, 0.15) is 65.2 Å². The van der Waals surface area contributed by atoms with Crippen LogP contribution in [0.4, 0.5) is 0 Å². The lowest BCUT2D eigenvalue weighted by Crippen LogP contribution is -2.65. The number of rotatable bonds is 2. The number of amides is 1. The van der Waals surface area contributed by atoms with Crippen molar-refractivity contribution in [3.8, 4) is 0 Å². The summed E-state index contributed by atoms with van der Waals surface area (Å²) >= 11 is 0. The summed E-state index contributed by atoms with van der Waals surface area (Å²) in [6, 6.07) is 0.139. The Labute approximate surface area is 179 Å². The third kappa shape index (κ3) is 3.21. The van der Waals surface area contributed by atoms with Gasteiger partial charge in [0, 0.05) is 43.2 Å². The Hall–Kier alpha value is -1.14. The van der Waals surface area contributed by atoms with E-state index in [9.17, 15) is 9.59 Å². The molecule has 2 saturated heterocycles. The van der Waals surface area contributed by atoms with E-state index in [0.717, 1.165) is 63.7 Å². The predicted octanol–water partition coefficient (Wildman–Crippen LogP) is 2.84. The van der Waals surface area contributed by atoms with Crippen molar-refractivity contribution >= 4 is 29.8 Å². The number of hydrogen-bond donors (Lipinski definition) is 2. The average Bonchev–Trinajstić information content (AvgIpc) is 3.29. The molecule has 2 heterocycles. The van der Waals surface area contributed by atoms with Gasteiger partial charge in [-0.3, -0.25) is 9.59 Å². The summed E-state index contributed by atoms with van der Waals surface area (Å²) in [6.45, 7) is 6.35. The van der Waals surface area contributed by atoms with Gasteiger partial charge in [0.1, 0.15) is 11.9 Å². The number of halogens is 1. The summed E-state index contributed by atoms with van der Waals surface area (Å²) in [5.41, 5.74) is 0.913. The zero-order valence-corrected chi connectivity index (χ0v) is 18.4. The van der Waals surface area contributed by atoms with Crippen LogP contribution in [0.15, 0.2) is 5.16 Å². The van der Waals surface area contributed by atoms with Crippen molar-refractivity contribution in [3.63, 3.8) is 0 Å². The Bertz CT molecular complexity index is 722. The third-order valence-corrected chi connectivity index (χ3v) is 8.98. The van der Waals surface area contributed by atoms with Crippen LogP contribution < -0.4 is 10.6 Å². The normalized spacial score (nSPS) is 47.7. The lowest BCUT2D eigenvalue weighted by molar-refractivity contribution is -0.153. The molecule has 2 aliphatic heterocycles. The highest BCUT2D eigenvalue weighted by molar-refractivity contribution is 5.91. The summed E-state index contributed by atoms with van der Waals surface area (Å²) in [4.78, 5) is 31.5. The molecule has 7 atom stereocenters. The fourth-order valence-corrected chi connectivity index (χ4v) is 7.06. The summed E-state index contributed by atoms with van der Waals surface area (Å²) in [5.74, 6) is 1.18. The zero-order valence-electron chi connectivity index (χ0n) is 17.5. The number of nitrogens with zero attached hydrogens (tertiary/aromatic N) is 1. The molecular formula is C22H34ClN3O3. The number of nitrogens with one attached hydrogen (secondary N) is 2. The van der Waals surface area contributed by atoms with Crippen LogP contribution in [0, 0.1) is 28.6 Å². The molecule has 0 aromatic heterocycles. The van der Waals surface area contributed by atoms with Crippen LogP contribution in [-0.2, 0) is 14.4 Å². The molecule has 29 heavy (non-hydrogen) atoms. The molecule has 7 heteroatoms. The van der Waals surface area contributed by atoms with Gasteiger partial charge >= 0.3 is 0 Å². The Morgan fingerprint density at radius 1 is 1.07 bits per heavy atom. The highest BCUT2D eigenvalue weighted by Crippen LogP contribution is 2.61. The molecule has 0 bridgehead atoms. The monoisotopic (exact) mass is 423 g/mol. The van der Waals surface area contributed by atoms with Gasteiger partial charge in [-0.2, -0.15) is 0 Å². The van der Waals surface area contributed by atoms with Crippen LogP contribution in [0.25, 0.3) is 0 Å². The number of carbonyl (C=O) groups is 2. The fourth-order valence-electron chi connectivity index (χ4n) is 7.06. The first-order chi connectivity index (χ1) is 13.4. The molecular weight excluding hydrogens is 390 g/mol. The van der Waals surface area contributed by atoms with E-state index in [1.54, 1.807) is 0 Å². The second-order valence-corrected chi connectivity index (χ2v) is 10.3. The van der Waals surface area contributed by atoms with Gasteiger partial charge in [0.2, 0.25) is 5.91 Å². The first kappa shape index (κ1) is 21.1. The molecule has 0 radical (unpaired) electrons. The van der Waals surface area contributed by atoms with Crippen LogP contribution in [0.3, 0.4) is 0 Å². The third-order valence-electron chi connectivity index (χ3n) is 8.98. The second kappa shape index (κ2) is 7.52. The molecule has 1 unspecified atom stereocenters. The standard InChI is InChI=1S/C22H33N3O3.ClH/c1-21-8-5-13(25-28-14-7-10-23-12-14)11-17(21)24-20(27)19-15-3-4-18(26)22(15,2)9-6-16(19)21;/h14-17,19,23H,3-12H2,1-2H3,(H,24,27);1H/t14-,15+,16-,17?,19+,21-,22+;/m1./s1. The average molecular weight is 424 g/mol. The Morgan fingerprint density at radius 2 is 1.90 bits per heavy atom. The minimum atomic E-state index is -0.272. The molecule has 0 spiro atoms. The molecule has 6 nitrogen and oxygen atoms in total. The Morgan fingerprint density at radius 3 is 2.66 bits per heavy atom. The molecule has 3 aliphatic carbocycles. The number of hydrogen-bond acceptors (Lipinski definition) is 5. The van der Waals surface area contributed by atoms with Crippen molar-refractivity contribution in [3.05, 3.63) is 0 Å². The van der Waals surface area contributed by atoms with E-state index < -0.39 is 0 Å². The first-order valence-electron chi connectivity index (χ1n) is 11.2. The van der Waals surface area contributed by atoms with Crippen LogP contribution in [-0.4, -0.2) is 42.6 Å². The largest absolute Gasteiger partial charge is 0.391 e. The van der Waals surface area contributed by atoms with E-state index in [1.807, 2.05) is 0 Å². The number of Topliss-reactive ketones (excluding diaryl/α,β-unsaturated/α-hetero) is 1. The van der Waals surface area contributed by atoms with E-state index in [-0.39, 0.29) is 53.1 Å². The van der Waals surface area contributed by atoms with Crippen LogP contribution in [0.5, 0.6) is 0 Å². The van der Waals surface area contributed by atoms with Gasteiger partial charge in [0.15, 0.2) is 0 Å². The zero-order chi connectivity index (χ0) is 19.5. The van der Waals surface area contributed by atoms with Crippen molar-refractivity contribution < 1.29 is 14.4 Å². The highest BCUT2D eigenvalue weighted by Gasteiger charge is 2.62. The smallest absolute Gasteiger partial charge is 0.223 e. The number of fused-ring (bicyclic) bond motifs is 5. The van der Waals surface area contributed by atoms with E-state index in [1.165, 1.54) is 0 Å². The molecule has 0 aromatic carbocycles. The molecule has 162 valence electrons. The molecule has 5 aliphatic rings. The van der Waals surface area contributed by atoms with Gasteiger partial charge in [0.25, 0.3) is 0 Å². The molecule has 2 N–H and O–H groups in total. The maximum Gasteiger partial charge on any atom is 0.223 e. The summed E-state index contributed by atoms with van der Waals surface area (Å²) in [7, 11) is 0. The predicted molar refractivity (Wildman–Crippen MR) is 113 cm³/mol. The highest BCUT2D eigenvalue weighted by atomic mass is 35.5. The summed E-state index contributed by atoms with van der Waals surface area (Å²) in [5, 5.41) is 11.1. The van der Waals surface area contributed by atoms with E-state index in [4.69, 9.17) is 4.84 Å². The van der Waals surface area contributed by atoms with Crippen molar-refractivity contribution in [1.29, 1.82) is 0 Å². The topological polar surface area (TPSA) is 79.8 Å². The molecule has 0 aromatic rings. The maximum absolute atomic E-state index is 13.2. The second-order valence-electron chi connectivity index (χ2n) is 10.3. The minimum absolute atomic E-state index is 0. The van der Waals surface area contributed by atoms with Crippen molar-refractivity contribution in [2.24, 2.45) is 33.7 Å². The number of carbonyl (C=O) groups excluding carboxylic acids is 2. The van der Waals surface area contributed by atoms with Crippen molar-refractivity contribution in [2.45, 2.75) is 77.4 Å². The minimum Gasteiger partial charge on any atom is -0.391 e. The van der Waals surface area contributed by atoms with E-state index >= 15 is 0 Å². The van der Waals surface area contributed by atoms with E-state index in [2.05, 4.69) is 29.6 Å². The van der Waals surface area contributed by atoms with Gasteiger partial charge in [-0.25, -0.2) is 0 Å². The molecule has 5 rings (SSSR count). The maximum atomic E-state index is 13.2. The number of oxime groups is 1. The van der Waals surface area contributed by atoms with Gasteiger partial charge in [-0.1, -0.05) is 19.0 Å². The fraction of sp³-hybridized carbons (Fsp3) is 0.864. The number of piperidine rings is 1. The first-order valence-corrected chi connectivity index (χ1v) is 11.2. The molecule has 1 amide bonds. The van der Waals surface area contributed by atoms with Crippen molar-refractivity contribution in [1.82, 2.24) is 10.6 Å². The van der Waals surface area contributed by atoms with Gasteiger partial charge in [0.05, 0.1) is 5.71 Å². The van der Waals surface area contributed by atoms with Crippen LogP contribution in [0.2, 0.25) is 0 Å². The molecule has 3 saturated carbocycles.